The molecule has 0 radical (unpaired) electrons. The number of halogens is 3. The van der Waals surface area contributed by atoms with Gasteiger partial charge in [-0.3, -0.25) is 9.10 Å². The van der Waals surface area contributed by atoms with Crippen molar-refractivity contribution in [2.75, 3.05) is 15.9 Å². The fourth-order valence-corrected chi connectivity index (χ4v) is 4.38. The lowest BCUT2D eigenvalue weighted by Crippen LogP contribution is -2.29. The molecule has 0 aliphatic carbocycles. The maximum atomic E-state index is 12.5. The van der Waals surface area contributed by atoms with Crippen molar-refractivity contribution in [2.45, 2.75) is 6.54 Å². The van der Waals surface area contributed by atoms with Crippen LogP contribution in [-0.4, -0.2) is 20.6 Å². The normalized spacial score (nSPS) is 11.2. The molecular weight excluding hydrogens is 467 g/mol. The third-order valence-corrected chi connectivity index (χ3v) is 5.97. The third kappa shape index (κ3) is 5.89. The summed E-state index contributed by atoms with van der Waals surface area (Å²) in [6, 6.07) is 18.0. The van der Waals surface area contributed by atoms with E-state index in [1.807, 2.05) is 0 Å². The average molecular weight is 484 g/mol. The van der Waals surface area contributed by atoms with Gasteiger partial charge in [-0.15, -0.1) is 0 Å². The fraction of sp³-hybridized carbons (Fsp3) is 0.0952. The van der Waals surface area contributed by atoms with E-state index in [1.54, 1.807) is 66.7 Å². The molecule has 0 spiro atoms. The predicted octanol–water partition coefficient (Wildman–Crippen LogP) is 5.87. The van der Waals surface area contributed by atoms with Crippen LogP contribution in [0.15, 0.2) is 66.7 Å². The Balaban J connectivity index is 1.77. The molecule has 0 saturated heterocycles. The van der Waals surface area contributed by atoms with Gasteiger partial charge in [0, 0.05) is 26.3 Å². The minimum absolute atomic E-state index is 0.102. The quantitative estimate of drug-likeness (QED) is 0.477. The summed E-state index contributed by atoms with van der Waals surface area (Å²) in [6.45, 7) is 0.102. The van der Waals surface area contributed by atoms with Crippen LogP contribution in [0.1, 0.15) is 15.9 Å². The summed E-state index contributed by atoms with van der Waals surface area (Å²) in [5.41, 5.74) is 2.06. The second kappa shape index (κ2) is 9.27. The highest BCUT2D eigenvalue weighted by atomic mass is 35.5. The Bertz CT molecular complexity index is 1160. The molecular formula is C21H17Cl3N2O3S. The van der Waals surface area contributed by atoms with Crippen molar-refractivity contribution in [3.63, 3.8) is 0 Å². The number of anilines is 2. The van der Waals surface area contributed by atoms with Gasteiger partial charge in [-0.05, 0) is 54.1 Å². The van der Waals surface area contributed by atoms with E-state index in [-0.39, 0.29) is 12.5 Å². The number of sulfonamides is 1. The molecule has 3 aromatic rings. The van der Waals surface area contributed by atoms with Crippen LogP contribution in [0.2, 0.25) is 15.1 Å². The van der Waals surface area contributed by atoms with E-state index < -0.39 is 10.0 Å². The molecule has 0 aromatic heterocycles. The minimum Gasteiger partial charge on any atom is -0.322 e. The first kappa shape index (κ1) is 22.4. The highest BCUT2D eigenvalue weighted by Crippen LogP contribution is 2.25. The maximum absolute atomic E-state index is 12.5. The molecule has 0 unspecified atom stereocenters. The van der Waals surface area contributed by atoms with E-state index >= 15 is 0 Å². The summed E-state index contributed by atoms with van der Waals surface area (Å²) in [5, 5.41) is 3.99. The first-order chi connectivity index (χ1) is 14.1. The first-order valence-corrected chi connectivity index (χ1v) is 11.7. The zero-order valence-electron chi connectivity index (χ0n) is 15.8. The van der Waals surface area contributed by atoms with Crippen molar-refractivity contribution >= 4 is 62.1 Å². The maximum Gasteiger partial charge on any atom is 0.255 e. The van der Waals surface area contributed by atoms with Gasteiger partial charge < -0.3 is 5.32 Å². The molecule has 156 valence electrons. The lowest BCUT2D eigenvalue weighted by Gasteiger charge is -2.22. The number of nitrogens with zero attached hydrogens (tertiary/aromatic N) is 1. The van der Waals surface area contributed by atoms with Crippen molar-refractivity contribution in [3.8, 4) is 0 Å². The number of hydrogen-bond acceptors (Lipinski definition) is 3. The molecule has 0 atom stereocenters. The Morgan fingerprint density at radius 2 is 1.53 bits per heavy atom. The Morgan fingerprint density at radius 3 is 2.10 bits per heavy atom. The first-order valence-electron chi connectivity index (χ1n) is 8.71. The smallest absolute Gasteiger partial charge is 0.255 e. The molecule has 5 nitrogen and oxygen atoms in total. The molecule has 1 amide bonds. The van der Waals surface area contributed by atoms with Gasteiger partial charge in [-0.25, -0.2) is 8.42 Å². The average Bonchev–Trinajstić information content (AvgIpc) is 2.64. The van der Waals surface area contributed by atoms with Crippen molar-refractivity contribution < 1.29 is 13.2 Å². The van der Waals surface area contributed by atoms with Gasteiger partial charge in [0.1, 0.15) is 0 Å². The Morgan fingerprint density at radius 1 is 0.900 bits per heavy atom. The third-order valence-electron chi connectivity index (χ3n) is 4.16. The van der Waals surface area contributed by atoms with Gasteiger partial charge in [0.25, 0.3) is 5.91 Å². The van der Waals surface area contributed by atoms with Crippen molar-refractivity contribution in [3.05, 3.63) is 92.9 Å². The molecule has 0 bridgehead atoms. The highest BCUT2D eigenvalue weighted by molar-refractivity contribution is 7.92. The molecule has 0 fully saturated rings. The Kier molecular flexibility index (Phi) is 6.93. The van der Waals surface area contributed by atoms with Crippen LogP contribution in [0, 0.1) is 0 Å². The van der Waals surface area contributed by atoms with Gasteiger partial charge in [0.2, 0.25) is 10.0 Å². The number of amides is 1. The fourth-order valence-electron chi connectivity index (χ4n) is 2.79. The SMILES string of the molecule is CS(=O)(=O)N(Cc1ccc(C(=O)Nc2cc(Cl)cc(Cl)c2)cc1)c1cccc(Cl)c1. The number of rotatable bonds is 6. The van der Waals surface area contributed by atoms with Crippen molar-refractivity contribution in [1.82, 2.24) is 0 Å². The van der Waals surface area contributed by atoms with E-state index in [2.05, 4.69) is 5.32 Å². The minimum atomic E-state index is -3.54. The number of nitrogens with one attached hydrogen (secondary N) is 1. The molecule has 30 heavy (non-hydrogen) atoms. The van der Waals surface area contributed by atoms with Gasteiger partial charge in [-0.2, -0.15) is 0 Å². The second-order valence-electron chi connectivity index (χ2n) is 6.56. The van der Waals surface area contributed by atoms with Crippen LogP contribution in [0.25, 0.3) is 0 Å². The summed E-state index contributed by atoms with van der Waals surface area (Å²) in [6.07, 6.45) is 1.13. The summed E-state index contributed by atoms with van der Waals surface area (Å²) in [7, 11) is -3.54. The summed E-state index contributed by atoms with van der Waals surface area (Å²) in [4.78, 5) is 12.5. The van der Waals surface area contributed by atoms with E-state index in [0.717, 1.165) is 6.26 Å². The topological polar surface area (TPSA) is 66.5 Å². The van der Waals surface area contributed by atoms with Gasteiger partial charge >= 0.3 is 0 Å². The van der Waals surface area contributed by atoms with Crippen molar-refractivity contribution in [2.24, 2.45) is 0 Å². The van der Waals surface area contributed by atoms with Gasteiger partial charge in [-0.1, -0.05) is 53.0 Å². The van der Waals surface area contributed by atoms with Crippen LogP contribution in [0.3, 0.4) is 0 Å². The molecule has 3 rings (SSSR count). The summed E-state index contributed by atoms with van der Waals surface area (Å²) >= 11 is 17.9. The molecule has 0 heterocycles. The standard InChI is InChI=1S/C21H17Cl3N2O3S/c1-30(28,29)26(20-4-2-3-16(22)12-20)13-14-5-7-15(8-6-14)21(27)25-19-10-17(23)9-18(24)11-19/h2-12H,13H2,1H3,(H,25,27). The number of carbonyl (C=O) groups is 1. The summed E-state index contributed by atoms with van der Waals surface area (Å²) < 4.78 is 25.8. The zero-order valence-corrected chi connectivity index (χ0v) is 18.9. The van der Waals surface area contributed by atoms with Gasteiger partial charge in [0.15, 0.2) is 0 Å². The molecule has 3 aromatic carbocycles. The molecule has 9 heteroatoms. The van der Waals surface area contributed by atoms with Crippen LogP contribution < -0.4 is 9.62 Å². The number of carbonyl (C=O) groups excluding carboxylic acids is 1. The van der Waals surface area contributed by atoms with E-state index in [0.29, 0.717) is 37.6 Å². The monoisotopic (exact) mass is 482 g/mol. The van der Waals surface area contributed by atoms with Crippen LogP contribution >= 0.6 is 34.8 Å². The van der Waals surface area contributed by atoms with Crippen molar-refractivity contribution in [1.29, 1.82) is 0 Å². The number of benzene rings is 3. The molecule has 0 aliphatic heterocycles. The van der Waals surface area contributed by atoms with E-state index in [4.69, 9.17) is 34.8 Å². The number of hydrogen-bond donors (Lipinski definition) is 1. The lowest BCUT2D eigenvalue weighted by atomic mass is 10.1. The summed E-state index contributed by atoms with van der Waals surface area (Å²) in [5.74, 6) is -0.338. The van der Waals surface area contributed by atoms with Gasteiger partial charge in [0.05, 0.1) is 18.5 Å². The predicted molar refractivity (Wildman–Crippen MR) is 123 cm³/mol. The largest absolute Gasteiger partial charge is 0.322 e. The Hall–Kier alpha value is -2.25. The highest BCUT2D eigenvalue weighted by Gasteiger charge is 2.18. The molecule has 0 aliphatic rings. The lowest BCUT2D eigenvalue weighted by molar-refractivity contribution is 0.102. The van der Waals surface area contributed by atoms with Crippen LogP contribution in [0.4, 0.5) is 11.4 Å². The molecule has 0 saturated carbocycles. The van der Waals surface area contributed by atoms with Crippen LogP contribution in [-0.2, 0) is 16.6 Å². The Labute approximate surface area is 190 Å². The molecule has 1 N–H and O–H groups in total. The van der Waals surface area contributed by atoms with E-state index in [9.17, 15) is 13.2 Å². The zero-order chi connectivity index (χ0) is 21.9. The van der Waals surface area contributed by atoms with E-state index in [1.165, 1.54) is 4.31 Å². The second-order valence-corrected chi connectivity index (χ2v) is 9.77. The van der Waals surface area contributed by atoms with Crippen LogP contribution in [0.5, 0.6) is 0 Å².